The summed E-state index contributed by atoms with van der Waals surface area (Å²) in [5.41, 5.74) is 8.31. The van der Waals surface area contributed by atoms with Crippen LogP contribution in [-0.4, -0.2) is 47.2 Å². The van der Waals surface area contributed by atoms with Gasteiger partial charge in [-0.2, -0.15) is 5.10 Å². The Labute approximate surface area is 187 Å². The largest absolute Gasteiger partial charge is 0.381 e. The molecule has 5 rings (SSSR count). The second-order valence-corrected chi connectivity index (χ2v) is 9.55. The Bertz CT molecular complexity index is 958. The number of hydrogen-bond acceptors (Lipinski definition) is 5. The number of hydrogen-bond donors (Lipinski definition) is 3. The Morgan fingerprint density at radius 2 is 2.12 bits per heavy atom. The molecule has 0 radical (unpaired) electrons. The van der Waals surface area contributed by atoms with E-state index >= 15 is 0 Å². The Balaban J connectivity index is 1.17. The molecule has 0 spiro atoms. The number of nitrogens with zero attached hydrogens (tertiary/aromatic N) is 2. The summed E-state index contributed by atoms with van der Waals surface area (Å²) in [4.78, 5) is 12.5. The molecule has 4 unspecified atom stereocenters. The second-order valence-electron chi connectivity index (χ2n) is 9.55. The highest BCUT2D eigenvalue weighted by molar-refractivity contribution is 5.83. The first-order valence-corrected chi connectivity index (χ1v) is 11.8. The van der Waals surface area contributed by atoms with Crippen molar-refractivity contribution in [3.63, 3.8) is 0 Å². The number of amides is 1. The van der Waals surface area contributed by atoms with Gasteiger partial charge in [-0.15, -0.1) is 0 Å². The summed E-state index contributed by atoms with van der Waals surface area (Å²) in [6, 6.07) is 5.46. The number of piperidine rings is 1. The van der Waals surface area contributed by atoms with Crippen molar-refractivity contribution in [2.75, 3.05) is 13.2 Å². The molecule has 172 valence electrons. The molecular formula is C24H32FN5O2. The molecule has 2 aliphatic heterocycles. The van der Waals surface area contributed by atoms with Gasteiger partial charge in [0.05, 0.1) is 18.4 Å². The molecule has 1 aliphatic carbocycles. The van der Waals surface area contributed by atoms with E-state index in [1.807, 2.05) is 16.9 Å². The standard InChI is InChI=1S/C24H32FN5O2/c25-21-10-16(19-12-27-30(14-19)13-15-5-7-32-8-6-15)1-2-17(21)11-22(26)29-24(31)23-18-3-4-20(9-18)28-23/h1-2,10,12,14-15,18,20,22-23,28H,3-9,11,13,26H2,(H,29,31). The van der Waals surface area contributed by atoms with Crippen LogP contribution in [0.4, 0.5) is 4.39 Å². The van der Waals surface area contributed by atoms with Gasteiger partial charge in [0, 0.05) is 44.0 Å². The summed E-state index contributed by atoms with van der Waals surface area (Å²) in [7, 11) is 0. The average molecular weight is 442 g/mol. The number of aromatic nitrogens is 2. The van der Waals surface area contributed by atoms with E-state index < -0.39 is 6.17 Å². The molecule has 1 saturated carbocycles. The van der Waals surface area contributed by atoms with Crippen LogP contribution in [0, 0.1) is 17.7 Å². The smallest absolute Gasteiger partial charge is 0.238 e. The number of carbonyl (C=O) groups is 1. The predicted molar refractivity (Wildman–Crippen MR) is 119 cm³/mol. The van der Waals surface area contributed by atoms with Crippen LogP contribution >= 0.6 is 0 Å². The van der Waals surface area contributed by atoms with E-state index in [1.54, 1.807) is 12.3 Å². The molecule has 1 aromatic carbocycles. The predicted octanol–water partition coefficient (Wildman–Crippen LogP) is 2.20. The van der Waals surface area contributed by atoms with Gasteiger partial charge in [-0.25, -0.2) is 4.39 Å². The summed E-state index contributed by atoms with van der Waals surface area (Å²) in [5, 5.41) is 10.7. The minimum absolute atomic E-state index is 0.0707. The van der Waals surface area contributed by atoms with Gasteiger partial charge in [0.15, 0.2) is 0 Å². The molecule has 1 amide bonds. The molecule has 3 fully saturated rings. The molecular weight excluding hydrogens is 409 g/mol. The fourth-order valence-electron chi connectivity index (χ4n) is 5.41. The van der Waals surface area contributed by atoms with Crippen molar-refractivity contribution in [2.45, 2.75) is 63.3 Å². The number of benzene rings is 1. The van der Waals surface area contributed by atoms with Crippen LogP contribution in [0.1, 0.15) is 37.7 Å². The Morgan fingerprint density at radius 3 is 2.84 bits per heavy atom. The number of nitrogens with one attached hydrogen (secondary N) is 2. The molecule has 32 heavy (non-hydrogen) atoms. The van der Waals surface area contributed by atoms with Crippen molar-refractivity contribution in [2.24, 2.45) is 17.6 Å². The van der Waals surface area contributed by atoms with Gasteiger partial charge < -0.3 is 21.1 Å². The molecule has 3 aliphatic rings. The lowest BCUT2D eigenvalue weighted by molar-refractivity contribution is -0.124. The maximum Gasteiger partial charge on any atom is 0.238 e. The fraction of sp³-hybridized carbons (Fsp3) is 0.583. The van der Waals surface area contributed by atoms with E-state index in [4.69, 9.17) is 10.5 Å². The lowest BCUT2D eigenvalue weighted by atomic mass is 9.99. The molecule has 4 N–H and O–H groups in total. The highest BCUT2D eigenvalue weighted by atomic mass is 19.1. The van der Waals surface area contributed by atoms with E-state index in [1.165, 1.54) is 6.07 Å². The van der Waals surface area contributed by atoms with Gasteiger partial charge >= 0.3 is 0 Å². The summed E-state index contributed by atoms with van der Waals surface area (Å²) < 4.78 is 22.2. The van der Waals surface area contributed by atoms with E-state index in [0.29, 0.717) is 23.4 Å². The summed E-state index contributed by atoms with van der Waals surface area (Å²) in [5.74, 6) is 0.582. The number of rotatable bonds is 7. The monoisotopic (exact) mass is 441 g/mol. The third-order valence-electron chi connectivity index (χ3n) is 7.22. The number of carbonyl (C=O) groups excluding carboxylic acids is 1. The van der Waals surface area contributed by atoms with E-state index in [9.17, 15) is 9.18 Å². The number of halogens is 1. The third-order valence-corrected chi connectivity index (χ3v) is 7.22. The van der Waals surface area contributed by atoms with E-state index in [2.05, 4.69) is 15.7 Å². The minimum Gasteiger partial charge on any atom is -0.381 e. The summed E-state index contributed by atoms with van der Waals surface area (Å²) >= 11 is 0. The van der Waals surface area contributed by atoms with Gasteiger partial charge in [0.25, 0.3) is 0 Å². The minimum atomic E-state index is -0.619. The number of fused-ring (bicyclic) bond motifs is 2. The van der Waals surface area contributed by atoms with E-state index in [-0.39, 0.29) is 24.2 Å². The summed E-state index contributed by atoms with van der Waals surface area (Å²) in [6.07, 6.45) is 8.78. The Hall–Kier alpha value is -2.29. The average Bonchev–Trinajstić information content (AvgIpc) is 3.53. The molecule has 1 aromatic heterocycles. The first kappa shape index (κ1) is 21.6. The normalized spacial score (nSPS) is 26.4. The zero-order valence-electron chi connectivity index (χ0n) is 18.3. The maximum atomic E-state index is 14.8. The van der Waals surface area contributed by atoms with Gasteiger partial charge in [-0.1, -0.05) is 12.1 Å². The van der Waals surface area contributed by atoms with Crippen LogP contribution in [0.25, 0.3) is 11.1 Å². The lowest BCUT2D eigenvalue weighted by Gasteiger charge is -2.24. The van der Waals surface area contributed by atoms with Gasteiger partial charge in [-0.05, 0) is 61.1 Å². The zero-order chi connectivity index (χ0) is 22.1. The fourth-order valence-corrected chi connectivity index (χ4v) is 5.41. The highest BCUT2D eigenvalue weighted by Crippen LogP contribution is 2.35. The third kappa shape index (κ3) is 4.72. The van der Waals surface area contributed by atoms with Crippen molar-refractivity contribution in [1.82, 2.24) is 20.4 Å². The maximum absolute atomic E-state index is 14.8. The van der Waals surface area contributed by atoms with Crippen molar-refractivity contribution < 1.29 is 13.9 Å². The Kier molecular flexibility index (Phi) is 6.26. The van der Waals surface area contributed by atoms with Crippen molar-refractivity contribution >= 4 is 5.91 Å². The first-order chi connectivity index (χ1) is 15.5. The lowest BCUT2D eigenvalue weighted by Crippen LogP contribution is -2.53. The number of nitrogens with two attached hydrogens (primary N) is 1. The van der Waals surface area contributed by atoms with Gasteiger partial charge in [-0.3, -0.25) is 9.48 Å². The first-order valence-electron chi connectivity index (χ1n) is 11.8. The molecule has 2 bridgehead atoms. The molecule has 2 saturated heterocycles. The van der Waals surface area contributed by atoms with E-state index in [0.717, 1.165) is 63.0 Å². The summed E-state index contributed by atoms with van der Waals surface area (Å²) in [6.45, 7) is 2.48. The van der Waals surface area contributed by atoms with Gasteiger partial charge in [0.1, 0.15) is 5.82 Å². The quantitative estimate of drug-likeness (QED) is 0.573. The SMILES string of the molecule is NC(Cc1ccc(-c2cnn(CC3CCOCC3)c2)cc1F)NC(=O)C1NC2CCC1C2. The van der Waals surface area contributed by atoms with Crippen LogP contribution < -0.4 is 16.4 Å². The molecule has 2 aromatic rings. The molecule has 8 heteroatoms. The molecule has 4 atom stereocenters. The second kappa shape index (κ2) is 9.29. The van der Waals surface area contributed by atoms with Crippen molar-refractivity contribution in [1.29, 1.82) is 0 Å². The van der Waals surface area contributed by atoms with Gasteiger partial charge in [0.2, 0.25) is 5.91 Å². The topological polar surface area (TPSA) is 94.2 Å². The van der Waals surface area contributed by atoms with Crippen LogP contribution in [0.15, 0.2) is 30.6 Å². The van der Waals surface area contributed by atoms with Crippen molar-refractivity contribution in [3.8, 4) is 11.1 Å². The van der Waals surface area contributed by atoms with Crippen LogP contribution in [-0.2, 0) is 22.5 Å². The Morgan fingerprint density at radius 1 is 1.28 bits per heavy atom. The van der Waals surface area contributed by atoms with Crippen LogP contribution in [0.5, 0.6) is 0 Å². The van der Waals surface area contributed by atoms with Crippen LogP contribution in [0.2, 0.25) is 0 Å². The highest BCUT2D eigenvalue weighted by Gasteiger charge is 2.42. The zero-order valence-corrected chi connectivity index (χ0v) is 18.3. The van der Waals surface area contributed by atoms with Crippen molar-refractivity contribution in [3.05, 3.63) is 42.0 Å². The molecule has 3 heterocycles. The molecule has 7 nitrogen and oxygen atoms in total. The van der Waals surface area contributed by atoms with Crippen LogP contribution in [0.3, 0.4) is 0 Å². The number of ether oxygens (including phenoxy) is 1.